The van der Waals surface area contributed by atoms with Crippen molar-refractivity contribution in [2.75, 3.05) is 26.1 Å². The topological polar surface area (TPSA) is 30.5 Å². The second-order valence-electron chi connectivity index (χ2n) is 4.39. The van der Waals surface area contributed by atoms with Crippen LogP contribution in [-0.2, 0) is 4.74 Å². The molecular weight excluding hydrogens is 238 g/mol. The summed E-state index contributed by atoms with van der Waals surface area (Å²) in [5.41, 5.74) is 1.02. The Morgan fingerprint density at radius 1 is 1.41 bits per heavy atom. The number of halogens is 1. The van der Waals surface area contributed by atoms with Crippen LogP contribution in [-0.4, -0.2) is 26.9 Å². The van der Waals surface area contributed by atoms with Gasteiger partial charge in [0.05, 0.1) is 24.8 Å². The summed E-state index contributed by atoms with van der Waals surface area (Å²) in [5, 5.41) is 4.10. The molecule has 0 spiro atoms. The van der Waals surface area contributed by atoms with Crippen LogP contribution < -0.4 is 10.1 Å². The van der Waals surface area contributed by atoms with E-state index >= 15 is 0 Å². The molecule has 0 saturated heterocycles. The molecule has 17 heavy (non-hydrogen) atoms. The number of hydrogen-bond acceptors (Lipinski definition) is 3. The third-order valence-corrected chi connectivity index (χ3v) is 3.34. The lowest BCUT2D eigenvalue weighted by Crippen LogP contribution is -2.27. The first-order valence-electron chi connectivity index (χ1n) is 5.83. The predicted molar refractivity (Wildman–Crippen MR) is 70.0 cm³/mol. The standard InChI is InChI=1S/C13H18ClNO2/c1-16-8-12(9-3-4-9)15-10-5-6-13(17-2)11(14)7-10/h5-7,9,12,15H,3-4,8H2,1-2H3. The maximum Gasteiger partial charge on any atom is 0.137 e. The lowest BCUT2D eigenvalue weighted by atomic mass is 10.2. The fourth-order valence-corrected chi connectivity index (χ4v) is 2.20. The van der Waals surface area contributed by atoms with Crippen LogP contribution in [0.15, 0.2) is 18.2 Å². The van der Waals surface area contributed by atoms with Gasteiger partial charge in [-0.05, 0) is 37.0 Å². The Morgan fingerprint density at radius 2 is 2.18 bits per heavy atom. The summed E-state index contributed by atoms with van der Waals surface area (Å²) >= 11 is 6.09. The van der Waals surface area contributed by atoms with E-state index in [-0.39, 0.29) is 0 Å². The second kappa shape index (κ2) is 5.61. The third kappa shape index (κ3) is 3.27. The van der Waals surface area contributed by atoms with E-state index in [0.717, 1.165) is 18.2 Å². The quantitative estimate of drug-likeness (QED) is 0.847. The van der Waals surface area contributed by atoms with E-state index in [0.29, 0.717) is 16.8 Å². The zero-order valence-electron chi connectivity index (χ0n) is 10.2. The SMILES string of the molecule is COCC(Nc1ccc(OC)c(Cl)c1)C1CC1. The highest BCUT2D eigenvalue weighted by Crippen LogP contribution is 2.35. The normalized spacial score (nSPS) is 16.6. The summed E-state index contributed by atoms with van der Waals surface area (Å²) in [5.74, 6) is 1.43. The fraction of sp³-hybridized carbons (Fsp3) is 0.538. The molecule has 1 aromatic carbocycles. The minimum atomic E-state index is 0.379. The van der Waals surface area contributed by atoms with E-state index in [1.807, 2.05) is 18.2 Å². The number of ether oxygens (including phenoxy) is 2. The van der Waals surface area contributed by atoms with Crippen LogP contribution in [0.2, 0.25) is 5.02 Å². The second-order valence-corrected chi connectivity index (χ2v) is 4.80. The average Bonchev–Trinajstić information content (AvgIpc) is 3.12. The molecule has 4 heteroatoms. The van der Waals surface area contributed by atoms with Gasteiger partial charge in [-0.3, -0.25) is 0 Å². The summed E-state index contributed by atoms with van der Waals surface area (Å²) in [4.78, 5) is 0. The van der Waals surface area contributed by atoms with E-state index in [9.17, 15) is 0 Å². The summed E-state index contributed by atoms with van der Waals surface area (Å²) in [6.45, 7) is 0.730. The van der Waals surface area contributed by atoms with E-state index in [2.05, 4.69) is 5.32 Å². The Bertz CT molecular complexity index is 380. The highest BCUT2D eigenvalue weighted by molar-refractivity contribution is 6.32. The largest absolute Gasteiger partial charge is 0.495 e. The van der Waals surface area contributed by atoms with Gasteiger partial charge >= 0.3 is 0 Å². The lowest BCUT2D eigenvalue weighted by Gasteiger charge is -2.19. The zero-order valence-corrected chi connectivity index (χ0v) is 11.0. The molecule has 1 N–H and O–H groups in total. The molecule has 1 fully saturated rings. The van der Waals surface area contributed by atoms with Crippen molar-refractivity contribution in [1.82, 2.24) is 0 Å². The van der Waals surface area contributed by atoms with Crippen molar-refractivity contribution < 1.29 is 9.47 Å². The molecule has 1 aromatic rings. The minimum absolute atomic E-state index is 0.379. The van der Waals surface area contributed by atoms with Crippen molar-refractivity contribution in [1.29, 1.82) is 0 Å². The molecule has 0 heterocycles. The van der Waals surface area contributed by atoms with Gasteiger partial charge in [-0.1, -0.05) is 11.6 Å². The predicted octanol–water partition coefficient (Wildman–Crippen LogP) is 3.19. The molecule has 1 unspecified atom stereocenters. The van der Waals surface area contributed by atoms with Crippen LogP contribution in [0.3, 0.4) is 0 Å². The van der Waals surface area contributed by atoms with Crippen molar-refractivity contribution in [3.8, 4) is 5.75 Å². The van der Waals surface area contributed by atoms with E-state index in [4.69, 9.17) is 21.1 Å². The molecule has 0 bridgehead atoms. The molecule has 0 amide bonds. The summed E-state index contributed by atoms with van der Waals surface area (Å²) in [6.07, 6.45) is 2.57. The van der Waals surface area contributed by atoms with Crippen LogP contribution in [0.1, 0.15) is 12.8 Å². The molecule has 1 saturated carbocycles. The van der Waals surface area contributed by atoms with Gasteiger partial charge in [0.25, 0.3) is 0 Å². The molecule has 2 rings (SSSR count). The van der Waals surface area contributed by atoms with Gasteiger partial charge in [0, 0.05) is 12.8 Å². The van der Waals surface area contributed by atoms with E-state index in [1.54, 1.807) is 14.2 Å². The summed E-state index contributed by atoms with van der Waals surface area (Å²) in [7, 11) is 3.35. The zero-order chi connectivity index (χ0) is 12.3. The van der Waals surface area contributed by atoms with Gasteiger partial charge in [0.1, 0.15) is 5.75 Å². The molecular formula is C13H18ClNO2. The van der Waals surface area contributed by atoms with Gasteiger partial charge in [-0.25, -0.2) is 0 Å². The van der Waals surface area contributed by atoms with Gasteiger partial charge in [-0.2, -0.15) is 0 Å². The molecule has 1 aliphatic rings. The van der Waals surface area contributed by atoms with Crippen LogP contribution in [0.5, 0.6) is 5.75 Å². The van der Waals surface area contributed by atoms with Crippen molar-refractivity contribution in [2.45, 2.75) is 18.9 Å². The fourth-order valence-electron chi connectivity index (χ4n) is 1.94. The minimum Gasteiger partial charge on any atom is -0.495 e. The Labute approximate surface area is 107 Å². The Hall–Kier alpha value is -0.930. The number of rotatable bonds is 6. The van der Waals surface area contributed by atoms with Crippen molar-refractivity contribution in [2.24, 2.45) is 5.92 Å². The Morgan fingerprint density at radius 3 is 2.71 bits per heavy atom. The highest BCUT2D eigenvalue weighted by Gasteiger charge is 2.31. The Balaban J connectivity index is 2.03. The maximum atomic E-state index is 6.09. The Kier molecular flexibility index (Phi) is 4.13. The number of methoxy groups -OCH3 is 2. The van der Waals surface area contributed by atoms with Gasteiger partial charge in [0.15, 0.2) is 0 Å². The molecule has 0 aliphatic heterocycles. The lowest BCUT2D eigenvalue weighted by molar-refractivity contribution is 0.179. The molecule has 3 nitrogen and oxygen atoms in total. The third-order valence-electron chi connectivity index (χ3n) is 3.04. The van der Waals surface area contributed by atoms with Crippen LogP contribution in [0.4, 0.5) is 5.69 Å². The van der Waals surface area contributed by atoms with Gasteiger partial charge in [-0.15, -0.1) is 0 Å². The number of benzene rings is 1. The number of nitrogens with one attached hydrogen (secondary N) is 1. The molecule has 0 radical (unpaired) electrons. The average molecular weight is 256 g/mol. The smallest absolute Gasteiger partial charge is 0.137 e. The van der Waals surface area contributed by atoms with Crippen LogP contribution >= 0.6 is 11.6 Å². The van der Waals surface area contributed by atoms with Gasteiger partial charge in [0.2, 0.25) is 0 Å². The molecule has 1 atom stereocenters. The first kappa shape index (κ1) is 12.5. The van der Waals surface area contributed by atoms with Crippen molar-refractivity contribution in [3.05, 3.63) is 23.2 Å². The van der Waals surface area contributed by atoms with E-state index < -0.39 is 0 Å². The first-order valence-corrected chi connectivity index (χ1v) is 6.21. The van der Waals surface area contributed by atoms with Gasteiger partial charge < -0.3 is 14.8 Å². The van der Waals surface area contributed by atoms with Crippen LogP contribution in [0.25, 0.3) is 0 Å². The maximum absolute atomic E-state index is 6.09. The first-order chi connectivity index (χ1) is 8.24. The van der Waals surface area contributed by atoms with Crippen molar-refractivity contribution >= 4 is 17.3 Å². The molecule has 94 valence electrons. The van der Waals surface area contributed by atoms with Crippen molar-refractivity contribution in [3.63, 3.8) is 0 Å². The highest BCUT2D eigenvalue weighted by atomic mass is 35.5. The van der Waals surface area contributed by atoms with Crippen LogP contribution in [0, 0.1) is 5.92 Å². The number of anilines is 1. The molecule has 1 aliphatic carbocycles. The monoisotopic (exact) mass is 255 g/mol. The summed E-state index contributed by atoms with van der Waals surface area (Å²) < 4.78 is 10.4. The summed E-state index contributed by atoms with van der Waals surface area (Å²) in [6, 6.07) is 6.13. The van der Waals surface area contributed by atoms with E-state index in [1.165, 1.54) is 12.8 Å². The number of hydrogen-bond donors (Lipinski definition) is 1. The molecule has 0 aromatic heterocycles.